The Labute approximate surface area is 422 Å². The molecule has 0 aliphatic heterocycles. The second-order valence-corrected chi connectivity index (χ2v) is 32.1. The first kappa shape index (κ1) is 99.9. The van der Waals surface area contributed by atoms with Gasteiger partial charge in [0.1, 0.15) is 8.98 Å². The van der Waals surface area contributed by atoms with Crippen molar-refractivity contribution in [3.05, 3.63) is 51.7 Å². The van der Waals surface area contributed by atoms with E-state index in [1.54, 1.807) is 23.7 Å². The van der Waals surface area contributed by atoms with Crippen LogP contribution in [0.4, 0.5) is 0 Å². The van der Waals surface area contributed by atoms with Crippen molar-refractivity contribution in [3.8, 4) is 35.1 Å². The van der Waals surface area contributed by atoms with Gasteiger partial charge in [0.05, 0.1) is 10.1 Å². The van der Waals surface area contributed by atoms with Gasteiger partial charge in [-0.2, -0.15) is 6.42 Å². The van der Waals surface area contributed by atoms with Crippen LogP contribution in [0.5, 0.6) is 0 Å². The van der Waals surface area contributed by atoms with Crippen molar-refractivity contribution in [3.63, 3.8) is 0 Å². The van der Waals surface area contributed by atoms with Gasteiger partial charge in [0.15, 0.2) is 8.32 Å². The summed E-state index contributed by atoms with van der Waals surface area (Å²) in [4.78, 5) is 0. The monoisotopic (exact) mass is 898 g/mol. The van der Waals surface area contributed by atoms with Crippen molar-refractivity contribution >= 4 is 124 Å². The smallest absolute Gasteiger partial charge is 0.500 e. The largest absolute Gasteiger partial charge is 1.00 e. The molecule has 0 amide bonds. The summed E-state index contributed by atoms with van der Waals surface area (Å²) in [6.45, 7) is 26.2. The standard InChI is InChI=1S/C8H18OSi2.C4Cl6.C4H12Cl2OSi2.C4H9.2C4.4CH4.5Li/c1-7-8-11(5,6)9-10(2,3)4;5-1(3(7)8)2(6)4(9)10;1-8(2,5)7-9(3,4)6;3*1-3-4-2;;;;;;;;;/h1-6H3;;1-4H3;1,3-4H2,2H3;;;4*1H4;;;;;/q;;;-1;2*-2;;;;;5*+1. The van der Waals surface area contributed by atoms with E-state index >= 15 is 0 Å². The maximum atomic E-state index is 5.97. The van der Waals surface area contributed by atoms with Crippen molar-refractivity contribution in [1.29, 1.82) is 0 Å². The summed E-state index contributed by atoms with van der Waals surface area (Å²) < 4.78 is 11.1. The summed E-state index contributed by atoms with van der Waals surface area (Å²) >= 11 is 43.6. The minimum atomic E-state index is -1.89. The zero-order valence-electron chi connectivity index (χ0n) is 31.0. The van der Waals surface area contributed by atoms with E-state index in [4.69, 9.17) is 126 Å². The first-order valence-electron chi connectivity index (χ1n) is 11.8. The van der Waals surface area contributed by atoms with Crippen LogP contribution in [0.2, 0.25) is 58.9 Å². The molecule has 0 saturated carbocycles. The summed E-state index contributed by atoms with van der Waals surface area (Å²) in [5, 5.41) is -0.130. The van der Waals surface area contributed by atoms with Crippen molar-refractivity contribution in [2.75, 3.05) is 0 Å². The molecule has 0 spiro atoms. The Balaban J connectivity index is -0.0000000236. The number of unbranched alkanes of at least 4 members (excludes halogenated alkanes) is 1. The molecule has 0 aromatic rings. The molecule has 0 aliphatic rings. The van der Waals surface area contributed by atoms with Gasteiger partial charge in [-0.05, 0) is 65.8 Å². The molecule has 0 bridgehead atoms. The Morgan fingerprint density at radius 2 is 0.784 bits per heavy atom. The Bertz CT molecular complexity index is 949. The van der Waals surface area contributed by atoms with Crippen LogP contribution in [0, 0.1) is 67.8 Å². The van der Waals surface area contributed by atoms with E-state index in [1.165, 1.54) is 6.42 Å². The van der Waals surface area contributed by atoms with Crippen LogP contribution in [0.1, 0.15) is 56.4 Å². The van der Waals surface area contributed by atoms with E-state index in [0.717, 1.165) is 6.42 Å². The quantitative estimate of drug-likeness (QED) is 0.121. The Hall–Kier alpha value is 3.37. The molecule has 0 saturated heterocycles. The molecule has 0 aliphatic carbocycles. The molecule has 0 unspecified atom stereocenters. The number of hydrogen-bond donors (Lipinski definition) is 0. The molecular weight excluding hydrogens is 847 g/mol. The summed E-state index contributed by atoms with van der Waals surface area (Å²) in [6.07, 6.45) is 25.9. The van der Waals surface area contributed by atoms with Crippen molar-refractivity contribution in [2.45, 2.75) is 115 Å². The molecule has 0 atom stereocenters. The predicted octanol–water partition coefficient (Wildman–Crippen LogP) is -0.236. The van der Waals surface area contributed by atoms with Crippen LogP contribution in [0.25, 0.3) is 0 Å². The Morgan fingerprint density at radius 3 is 0.863 bits per heavy atom. The SMILES string of the molecule is C.C.C.C.CC#C[Si](C)(C)O[Si](C)(C)C.C[Si](C)(Cl)O[Si](C)(C)Cl.ClC(Cl)=C(Cl)C(Cl)=C(Cl)Cl.[C-]#CC#[C-].[C-]#CC#[C-].[CH2-]CCC.[Li+].[Li+].[Li+].[Li+].[Li+]. The molecule has 0 heterocycles. The zero-order chi connectivity index (χ0) is 35.4. The van der Waals surface area contributed by atoms with Crippen molar-refractivity contribution in [1.82, 2.24) is 0 Å². The summed E-state index contributed by atoms with van der Waals surface area (Å²) in [7, 11) is -6.79. The number of allylic oxidation sites excluding steroid dienone is 2. The summed E-state index contributed by atoms with van der Waals surface area (Å²) in [5.41, 5.74) is 3.18. The zero-order valence-corrected chi connectivity index (χ0v) is 41.0. The van der Waals surface area contributed by atoms with E-state index < -0.39 is 31.9 Å². The first-order chi connectivity index (χ1) is 18.7. The molecule has 0 rings (SSSR count). The Kier molecular flexibility index (Phi) is 118. The first-order valence-corrected chi connectivity index (χ1v) is 28.2. The van der Waals surface area contributed by atoms with Gasteiger partial charge in [0.2, 0.25) is 0 Å². The molecule has 0 fully saturated rings. The molecule has 51 heavy (non-hydrogen) atoms. The molecule has 272 valence electrons. The van der Waals surface area contributed by atoms with E-state index in [9.17, 15) is 0 Å². The average Bonchev–Trinajstić information content (AvgIpc) is 2.80. The number of halogens is 8. The second-order valence-electron chi connectivity index (χ2n) is 9.43. The minimum absolute atomic E-state index is 0. The molecule has 0 N–H and O–H groups in total. The molecular formula is C32H55Cl8Li5O2Si4. The third-order valence-electron chi connectivity index (χ3n) is 2.48. The van der Waals surface area contributed by atoms with E-state index in [-0.39, 0.29) is 143 Å². The van der Waals surface area contributed by atoms with Gasteiger partial charge in [0.25, 0.3) is 23.6 Å². The van der Waals surface area contributed by atoms with Gasteiger partial charge in [-0.15, -0.1) is 28.1 Å². The van der Waals surface area contributed by atoms with Crippen LogP contribution in [0.3, 0.4) is 0 Å². The fourth-order valence-corrected chi connectivity index (χ4v) is 18.0. The van der Waals surface area contributed by atoms with Gasteiger partial charge in [-0.25, -0.2) is 0 Å². The van der Waals surface area contributed by atoms with Gasteiger partial charge >= 0.3 is 94.3 Å². The van der Waals surface area contributed by atoms with Crippen molar-refractivity contribution < 1.29 is 103 Å². The number of hydrogen-bond acceptors (Lipinski definition) is 2. The normalized spacial score (nSPS) is 7.84. The maximum Gasteiger partial charge on any atom is 1.00 e. The van der Waals surface area contributed by atoms with Crippen LogP contribution in [-0.2, 0) is 8.23 Å². The van der Waals surface area contributed by atoms with E-state index in [1.807, 2.05) is 33.1 Å². The molecule has 19 heteroatoms. The van der Waals surface area contributed by atoms with E-state index in [2.05, 4.69) is 58.0 Å². The third-order valence-corrected chi connectivity index (χ3v) is 15.1. The van der Waals surface area contributed by atoms with E-state index in [0.29, 0.717) is 0 Å². The molecule has 0 radical (unpaired) electrons. The molecule has 2 nitrogen and oxygen atoms in total. The van der Waals surface area contributed by atoms with Crippen LogP contribution in [0.15, 0.2) is 19.0 Å². The number of rotatable bonds is 6. The summed E-state index contributed by atoms with van der Waals surface area (Å²) in [5.74, 6) is 9.33. The van der Waals surface area contributed by atoms with Gasteiger partial charge < -0.3 is 64.5 Å². The van der Waals surface area contributed by atoms with Gasteiger partial charge in [-0.1, -0.05) is 118 Å². The van der Waals surface area contributed by atoms with Crippen LogP contribution in [-0.4, -0.2) is 31.9 Å². The van der Waals surface area contributed by atoms with Gasteiger partial charge in [0, 0.05) is 0 Å². The topological polar surface area (TPSA) is 18.5 Å². The van der Waals surface area contributed by atoms with Crippen LogP contribution >= 0.6 is 91.8 Å². The second kappa shape index (κ2) is 60.1. The average molecular weight is 902 g/mol. The predicted molar refractivity (Wildman–Crippen MR) is 228 cm³/mol. The van der Waals surface area contributed by atoms with Crippen molar-refractivity contribution in [2.24, 2.45) is 0 Å². The molecule has 0 aromatic carbocycles. The Morgan fingerprint density at radius 1 is 0.569 bits per heavy atom. The fourth-order valence-electron chi connectivity index (χ4n) is 1.84. The van der Waals surface area contributed by atoms with Gasteiger partial charge in [-0.3, -0.25) is 0 Å². The van der Waals surface area contributed by atoms with Crippen LogP contribution < -0.4 is 94.3 Å². The summed E-state index contributed by atoms with van der Waals surface area (Å²) in [6, 6.07) is 0. The maximum absolute atomic E-state index is 5.97. The third kappa shape index (κ3) is 119. The fraction of sp³-hybridized carbons (Fsp3) is 0.531. The minimum Gasteiger partial charge on any atom is -0.500 e. The molecule has 0 aromatic heterocycles.